The molecule has 0 aliphatic carbocycles. The number of piperidine rings is 1. The number of nitrogens with one attached hydrogen (secondary N) is 1. The van der Waals surface area contributed by atoms with E-state index in [0.717, 1.165) is 24.1 Å². The first-order valence-electron chi connectivity index (χ1n) is 7.06. The highest BCUT2D eigenvalue weighted by molar-refractivity contribution is 5.70. The van der Waals surface area contributed by atoms with Gasteiger partial charge in [0, 0.05) is 30.4 Å². The van der Waals surface area contributed by atoms with Crippen LogP contribution in [0.1, 0.15) is 12.8 Å². The van der Waals surface area contributed by atoms with Crippen molar-refractivity contribution in [3.63, 3.8) is 0 Å². The van der Waals surface area contributed by atoms with Gasteiger partial charge < -0.3 is 21.1 Å². The molecule has 116 valence electrons. The molecule has 2 aromatic rings. The molecule has 1 saturated heterocycles. The lowest BCUT2D eigenvalue weighted by Crippen LogP contribution is -2.44. The van der Waals surface area contributed by atoms with E-state index in [4.69, 9.17) is 10.8 Å². The molecule has 0 saturated carbocycles. The Morgan fingerprint density at radius 1 is 1.36 bits per heavy atom. The molecule has 1 aromatic heterocycles. The third-order valence-corrected chi connectivity index (χ3v) is 3.73. The molecule has 0 spiro atoms. The first-order valence-corrected chi connectivity index (χ1v) is 7.06. The van der Waals surface area contributed by atoms with Gasteiger partial charge in [-0.2, -0.15) is 0 Å². The van der Waals surface area contributed by atoms with E-state index in [1.165, 1.54) is 4.90 Å². The summed E-state index contributed by atoms with van der Waals surface area (Å²) in [4.78, 5) is 12.5. The molecule has 8 heteroatoms. The Labute approximate surface area is 126 Å². The fraction of sp³-hybridized carbons (Fsp3) is 0.357. The van der Waals surface area contributed by atoms with Gasteiger partial charge in [-0.3, -0.25) is 0 Å². The predicted octanol–water partition coefficient (Wildman–Crippen LogP) is 1.87. The molecular weight excluding hydrogens is 286 g/mol. The Balaban J connectivity index is 1.66. The molecule has 1 aliphatic rings. The summed E-state index contributed by atoms with van der Waals surface area (Å²) in [6.07, 6.45) is 0.949. The van der Waals surface area contributed by atoms with Gasteiger partial charge in [0.1, 0.15) is 0 Å². The summed E-state index contributed by atoms with van der Waals surface area (Å²) in [5.74, 6) is 0.255. The predicted molar refractivity (Wildman–Crippen MR) is 80.4 cm³/mol. The van der Waals surface area contributed by atoms with E-state index in [9.17, 15) is 4.79 Å². The van der Waals surface area contributed by atoms with Crippen molar-refractivity contribution < 1.29 is 14.5 Å². The summed E-state index contributed by atoms with van der Waals surface area (Å²) >= 11 is 0. The topological polar surface area (TPSA) is 118 Å². The van der Waals surface area contributed by atoms with Crippen molar-refractivity contribution in [2.24, 2.45) is 0 Å². The smallest absolute Gasteiger partial charge is 0.407 e. The lowest BCUT2D eigenvalue weighted by atomic mass is 10.1. The molecule has 1 unspecified atom stereocenters. The average molecular weight is 303 g/mol. The number of aromatic nitrogens is 2. The molecule has 3 rings (SSSR count). The van der Waals surface area contributed by atoms with Crippen LogP contribution in [0.25, 0.3) is 11.3 Å². The van der Waals surface area contributed by atoms with Gasteiger partial charge in [-0.25, -0.2) is 9.42 Å². The van der Waals surface area contributed by atoms with Gasteiger partial charge in [-0.05, 0) is 35.3 Å². The van der Waals surface area contributed by atoms with Crippen molar-refractivity contribution in [3.05, 3.63) is 24.3 Å². The number of anilines is 2. The molecule has 1 amide bonds. The third-order valence-electron chi connectivity index (χ3n) is 3.73. The summed E-state index contributed by atoms with van der Waals surface area (Å²) in [7, 11) is 0. The fourth-order valence-corrected chi connectivity index (χ4v) is 2.62. The lowest BCUT2D eigenvalue weighted by Gasteiger charge is -2.31. The second-order valence-corrected chi connectivity index (χ2v) is 5.29. The highest BCUT2D eigenvalue weighted by Gasteiger charge is 2.22. The van der Waals surface area contributed by atoms with Crippen LogP contribution in [0.3, 0.4) is 0 Å². The van der Waals surface area contributed by atoms with Crippen LogP contribution < -0.4 is 11.1 Å². The number of nitrogens with zero attached hydrogens (tertiary/aromatic N) is 3. The normalized spacial score (nSPS) is 18.2. The summed E-state index contributed by atoms with van der Waals surface area (Å²) < 4.78 is 4.58. The quantitative estimate of drug-likeness (QED) is 0.792. The standard InChI is InChI=1S/C14H17N5O3/c15-13-12(17-22-18-13)9-3-5-10(6-4-9)16-11-2-1-7-19(8-11)14(20)21/h3-6,11,16H,1-2,7-8H2,(H2,15,18)(H,20,21). The summed E-state index contributed by atoms with van der Waals surface area (Å²) in [5.41, 5.74) is 7.92. The number of hydrogen-bond acceptors (Lipinski definition) is 6. The van der Waals surface area contributed by atoms with E-state index in [2.05, 4.69) is 20.3 Å². The van der Waals surface area contributed by atoms with Crippen molar-refractivity contribution >= 4 is 17.6 Å². The van der Waals surface area contributed by atoms with Crippen LogP contribution in [0, 0.1) is 0 Å². The number of rotatable bonds is 3. The summed E-state index contributed by atoms with van der Waals surface area (Å²) in [6.45, 7) is 1.10. The Hall–Kier alpha value is -2.77. The average Bonchev–Trinajstić information content (AvgIpc) is 2.94. The Morgan fingerprint density at radius 2 is 2.14 bits per heavy atom. The SMILES string of the molecule is Nc1nonc1-c1ccc(NC2CCCN(C(=O)O)C2)cc1. The maximum absolute atomic E-state index is 11.0. The van der Waals surface area contributed by atoms with E-state index in [1.807, 2.05) is 24.3 Å². The Morgan fingerprint density at radius 3 is 2.77 bits per heavy atom. The van der Waals surface area contributed by atoms with Crippen LogP contribution in [-0.4, -0.2) is 45.5 Å². The number of benzene rings is 1. The maximum Gasteiger partial charge on any atom is 0.407 e. The van der Waals surface area contributed by atoms with E-state index in [0.29, 0.717) is 18.8 Å². The fourth-order valence-electron chi connectivity index (χ4n) is 2.62. The highest BCUT2D eigenvalue weighted by Crippen LogP contribution is 2.24. The molecule has 4 N–H and O–H groups in total. The van der Waals surface area contributed by atoms with Gasteiger partial charge in [-0.1, -0.05) is 12.1 Å². The first-order chi connectivity index (χ1) is 10.6. The van der Waals surface area contributed by atoms with Gasteiger partial charge in [0.2, 0.25) is 0 Å². The van der Waals surface area contributed by atoms with Gasteiger partial charge >= 0.3 is 6.09 Å². The van der Waals surface area contributed by atoms with Gasteiger partial charge in [-0.15, -0.1) is 0 Å². The van der Waals surface area contributed by atoms with Crippen LogP contribution in [-0.2, 0) is 0 Å². The van der Waals surface area contributed by atoms with Crippen molar-refractivity contribution in [1.82, 2.24) is 15.2 Å². The number of nitrogens with two attached hydrogens (primary N) is 1. The largest absolute Gasteiger partial charge is 0.465 e. The number of carboxylic acid groups (broad SMARTS) is 1. The second kappa shape index (κ2) is 5.92. The Kier molecular flexibility index (Phi) is 3.82. The number of amides is 1. The molecular formula is C14H17N5O3. The number of carbonyl (C=O) groups is 1. The minimum atomic E-state index is -0.865. The molecule has 0 radical (unpaired) electrons. The molecule has 1 aromatic carbocycles. The van der Waals surface area contributed by atoms with Crippen LogP contribution in [0.2, 0.25) is 0 Å². The monoisotopic (exact) mass is 303 g/mol. The maximum atomic E-state index is 11.0. The van der Waals surface area contributed by atoms with Crippen molar-refractivity contribution in [3.8, 4) is 11.3 Å². The third kappa shape index (κ3) is 2.95. The molecule has 2 heterocycles. The first kappa shape index (κ1) is 14.2. The number of nitrogen functional groups attached to an aromatic ring is 1. The molecule has 1 aliphatic heterocycles. The molecule has 22 heavy (non-hydrogen) atoms. The minimum Gasteiger partial charge on any atom is -0.465 e. The second-order valence-electron chi connectivity index (χ2n) is 5.29. The van der Waals surface area contributed by atoms with Crippen LogP contribution in [0.15, 0.2) is 28.9 Å². The molecule has 1 atom stereocenters. The zero-order valence-corrected chi connectivity index (χ0v) is 11.9. The van der Waals surface area contributed by atoms with E-state index in [-0.39, 0.29) is 11.9 Å². The lowest BCUT2D eigenvalue weighted by molar-refractivity contribution is 0.133. The highest BCUT2D eigenvalue weighted by atomic mass is 16.6. The van der Waals surface area contributed by atoms with Crippen LogP contribution >= 0.6 is 0 Å². The molecule has 8 nitrogen and oxygen atoms in total. The van der Waals surface area contributed by atoms with Gasteiger partial charge in [0.15, 0.2) is 11.5 Å². The number of hydrogen-bond donors (Lipinski definition) is 3. The Bertz CT molecular complexity index is 655. The van der Waals surface area contributed by atoms with E-state index < -0.39 is 6.09 Å². The molecule has 1 fully saturated rings. The zero-order valence-electron chi connectivity index (χ0n) is 11.9. The van der Waals surface area contributed by atoms with E-state index in [1.54, 1.807) is 0 Å². The van der Waals surface area contributed by atoms with Gasteiger partial charge in [0.05, 0.1) is 0 Å². The van der Waals surface area contributed by atoms with E-state index >= 15 is 0 Å². The van der Waals surface area contributed by atoms with Crippen LogP contribution in [0.4, 0.5) is 16.3 Å². The molecule has 0 bridgehead atoms. The van der Waals surface area contributed by atoms with Crippen molar-refractivity contribution in [2.45, 2.75) is 18.9 Å². The summed E-state index contributed by atoms with van der Waals surface area (Å²) in [6, 6.07) is 7.67. The zero-order chi connectivity index (χ0) is 15.5. The summed E-state index contributed by atoms with van der Waals surface area (Å²) in [5, 5.41) is 19.7. The number of likely N-dealkylation sites (tertiary alicyclic amines) is 1. The van der Waals surface area contributed by atoms with Crippen molar-refractivity contribution in [1.29, 1.82) is 0 Å². The van der Waals surface area contributed by atoms with Gasteiger partial charge in [0.25, 0.3) is 0 Å². The minimum absolute atomic E-state index is 0.120. The van der Waals surface area contributed by atoms with Crippen molar-refractivity contribution in [2.75, 3.05) is 24.1 Å². The van der Waals surface area contributed by atoms with Crippen LogP contribution in [0.5, 0.6) is 0 Å².